The highest BCUT2D eigenvalue weighted by Crippen LogP contribution is 2.24. The lowest BCUT2D eigenvalue weighted by molar-refractivity contribution is -0.127. The lowest BCUT2D eigenvalue weighted by Gasteiger charge is -2.18. The zero-order chi connectivity index (χ0) is 12.1. The Bertz CT molecular complexity index is 228. The van der Waals surface area contributed by atoms with E-state index in [0.29, 0.717) is 24.2 Å². The highest BCUT2D eigenvalue weighted by atomic mass is 16.3. The van der Waals surface area contributed by atoms with Gasteiger partial charge in [0.15, 0.2) is 0 Å². The summed E-state index contributed by atoms with van der Waals surface area (Å²) in [6.07, 6.45) is 3.06. The normalized spacial score (nSPS) is 23.2. The van der Waals surface area contributed by atoms with Crippen LogP contribution in [0.5, 0.6) is 0 Å². The van der Waals surface area contributed by atoms with E-state index in [-0.39, 0.29) is 6.10 Å². The average molecular weight is 227 g/mol. The predicted molar refractivity (Wildman–Crippen MR) is 65.1 cm³/mol. The molecule has 1 N–H and O–H groups in total. The summed E-state index contributed by atoms with van der Waals surface area (Å²) in [5, 5.41) is 9.43. The molecular formula is C13H25NO2. The summed E-state index contributed by atoms with van der Waals surface area (Å²) >= 11 is 0. The first-order valence-electron chi connectivity index (χ1n) is 6.50. The van der Waals surface area contributed by atoms with E-state index >= 15 is 0 Å². The molecule has 1 aliphatic heterocycles. The monoisotopic (exact) mass is 227 g/mol. The van der Waals surface area contributed by atoms with Crippen molar-refractivity contribution in [2.75, 3.05) is 13.1 Å². The summed E-state index contributed by atoms with van der Waals surface area (Å²) < 4.78 is 0. The number of hydrogen-bond donors (Lipinski definition) is 1. The second-order valence-corrected chi connectivity index (χ2v) is 5.25. The van der Waals surface area contributed by atoms with Gasteiger partial charge in [-0.15, -0.1) is 0 Å². The topological polar surface area (TPSA) is 40.5 Å². The average Bonchev–Trinajstić information content (AvgIpc) is 2.60. The van der Waals surface area contributed by atoms with E-state index in [1.54, 1.807) is 0 Å². The predicted octanol–water partition coefficient (Wildman–Crippen LogP) is 2.04. The van der Waals surface area contributed by atoms with Gasteiger partial charge in [0.1, 0.15) is 0 Å². The number of carbonyl (C=O) groups is 1. The van der Waals surface area contributed by atoms with Crippen LogP contribution in [0.2, 0.25) is 0 Å². The summed E-state index contributed by atoms with van der Waals surface area (Å²) in [6.45, 7) is 8.09. The fourth-order valence-corrected chi connectivity index (χ4v) is 2.19. The number of aliphatic hydroxyl groups excluding tert-OH is 1. The van der Waals surface area contributed by atoms with Gasteiger partial charge in [0.25, 0.3) is 0 Å². The second-order valence-electron chi connectivity index (χ2n) is 5.25. The molecule has 2 atom stereocenters. The van der Waals surface area contributed by atoms with Crippen molar-refractivity contribution in [2.45, 2.75) is 52.6 Å². The van der Waals surface area contributed by atoms with E-state index in [1.807, 2.05) is 11.8 Å². The van der Waals surface area contributed by atoms with Gasteiger partial charge < -0.3 is 10.0 Å². The smallest absolute Gasteiger partial charge is 0.222 e. The number of hydrogen-bond acceptors (Lipinski definition) is 2. The lowest BCUT2D eigenvalue weighted by Crippen LogP contribution is -2.27. The fourth-order valence-electron chi connectivity index (χ4n) is 2.19. The van der Waals surface area contributed by atoms with Crippen LogP contribution in [0.15, 0.2) is 0 Å². The minimum atomic E-state index is -0.196. The first-order chi connectivity index (χ1) is 7.54. The van der Waals surface area contributed by atoms with Crippen molar-refractivity contribution < 1.29 is 9.90 Å². The Morgan fingerprint density at radius 1 is 1.50 bits per heavy atom. The van der Waals surface area contributed by atoms with Crippen LogP contribution >= 0.6 is 0 Å². The molecule has 1 heterocycles. The number of aliphatic hydroxyl groups is 1. The number of carbonyl (C=O) groups excluding carboxylic acids is 1. The van der Waals surface area contributed by atoms with E-state index in [0.717, 1.165) is 32.4 Å². The van der Waals surface area contributed by atoms with Crippen molar-refractivity contribution in [1.29, 1.82) is 0 Å². The largest absolute Gasteiger partial charge is 0.393 e. The molecule has 1 fully saturated rings. The van der Waals surface area contributed by atoms with Crippen LogP contribution in [0.1, 0.15) is 46.5 Å². The van der Waals surface area contributed by atoms with Crippen LogP contribution < -0.4 is 0 Å². The molecule has 1 aliphatic rings. The van der Waals surface area contributed by atoms with Crippen molar-refractivity contribution in [1.82, 2.24) is 4.90 Å². The molecule has 0 aromatic carbocycles. The van der Waals surface area contributed by atoms with Gasteiger partial charge in [-0.2, -0.15) is 0 Å². The van der Waals surface area contributed by atoms with Crippen LogP contribution in [0.3, 0.4) is 0 Å². The second kappa shape index (κ2) is 6.24. The van der Waals surface area contributed by atoms with Crippen LogP contribution in [-0.2, 0) is 4.79 Å². The SMILES string of the molecule is CCC(O)CCCN1CC(C(C)C)CC1=O. The van der Waals surface area contributed by atoms with Crippen LogP contribution in [0.4, 0.5) is 0 Å². The van der Waals surface area contributed by atoms with Crippen molar-refractivity contribution in [3.05, 3.63) is 0 Å². The van der Waals surface area contributed by atoms with E-state index in [1.165, 1.54) is 0 Å². The van der Waals surface area contributed by atoms with Crippen molar-refractivity contribution >= 4 is 5.91 Å². The van der Waals surface area contributed by atoms with Gasteiger partial charge in [0.2, 0.25) is 5.91 Å². The van der Waals surface area contributed by atoms with E-state index < -0.39 is 0 Å². The molecule has 0 aromatic rings. The molecule has 3 heteroatoms. The van der Waals surface area contributed by atoms with Gasteiger partial charge >= 0.3 is 0 Å². The highest BCUT2D eigenvalue weighted by molar-refractivity contribution is 5.78. The molecule has 0 bridgehead atoms. The van der Waals surface area contributed by atoms with E-state index in [4.69, 9.17) is 0 Å². The molecule has 0 aromatic heterocycles. The third-order valence-electron chi connectivity index (χ3n) is 3.62. The van der Waals surface area contributed by atoms with Crippen molar-refractivity contribution in [3.8, 4) is 0 Å². The Labute approximate surface area is 98.8 Å². The minimum absolute atomic E-state index is 0.196. The molecule has 1 rings (SSSR count). The Morgan fingerprint density at radius 2 is 2.19 bits per heavy atom. The number of nitrogens with zero attached hydrogens (tertiary/aromatic N) is 1. The van der Waals surface area contributed by atoms with Crippen molar-refractivity contribution in [2.24, 2.45) is 11.8 Å². The summed E-state index contributed by atoms with van der Waals surface area (Å²) in [4.78, 5) is 13.7. The van der Waals surface area contributed by atoms with Crippen LogP contribution in [0, 0.1) is 11.8 Å². The molecule has 0 saturated carbocycles. The summed E-state index contributed by atoms with van der Waals surface area (Å²) in [5.41, 5.74) is 0. The van der Waals surface area contributed by atoms with Gasteiger partial charge in [0.05, 0.1) is 6.10 Å². The molecule has 94 valence electrons. The molecule has 1 amide bonds. The maximum atomic E-state index is 11.7. The van der Waals surface area contributed by atoms with Crippen LogP contribution in [0.25, 0.3) is 0 Å². The van der Waals surface area contributed by atoms with Crippen molar-refractivity contribution in [3.63, 3.8) is 0 Å². The third-order valence-corrected chi connectivity index (χ3v) is 3.62. The molecule has 3 nitrogen and oxygen atoms in total. The highest BCUT2D eigenvalue weighted by Gasteiger charge is 2.30. The number of rotatable bonds is 6. The zero-order valence-electron chi connectivity index (χ0n) is 10.8. The fraction of sp³-hybridized carbons (Fsp3) is 0.923. The number of amides is 1. The standard InChI is InChI=1S/C13H25NO2/c1-4-12(15)6-5-7-14-9-11(10(2)3)8-13(14)16/h10-12,15H,4-9H2,1-3H3. The maximum Gasteiger partial charge on any atom is 0.222 e. The molecular weight excluding hydrogens is 202 g/mol. The Balaban J connectivity index is 2.25. The summed E-state index contributed by atoms with van der Waals surface area (Å²) in [6, 6.07) is 0. The molecule has 16 heavy (non-hydrogen) atoms. The van der Waals surface area contributed by atoms with Gasteiger partial charge in [-0.05, 0) is 31.1 Å². The molecule has 1 saturated heterocycles. The molecule has 2 unspecified atom stereocenters. The first-order valence-corrected chi connectivity index (χ1v) is 6.50. The zero-order valence-corrected chi connectivity index (χ0v) is 10.8. The Morgan fingerprint density at radius 3 is 2.69 bits per heavy atom. The minimum Gasteiger partial charge on any atom is -0.393 e. The summed E-state index contributed by atoms with van der Waals surface area (Å²) in [5.74, 6) is 1.42. The molecule has 0 radical (unpaired) electrons. The first kappa shape index (κ1) is 13.5. The van der Waals surface area contributed by atoms with E-state index in [9.17, 15) is 9.90 Å². The van der Waals surface area contributed by atoms with Gasteiger partial charge in [-0.3, -0.25) is 4.79 Å². The Hall–Kier alpha value is -0.570. The van der Waals surface area contributed by atoms with Gasteiger partial charge in [0, 0.05) is 19.5 Å². The molecule has 0 aliphatic carbocycles. The van der Waals surface area contributed by atoms with E-state index in [2.05, 4.69) is 13.8 Å². The Kier molecular flexibility index (Phi) is 5.26. The number of likely N-dealkylation sites (tertiary alicyclic amines) is 1. The van der Waals surface area contributed by atoms with Gasteiger partial charge in [-0.25, -0.2) is 0 Å². The molecule has 0 spiro atoms. The van der Waals surface area contributed by atoms with Gasteiger partial charge in [-0.1, -0.05) is 20.8 Å². The van der Waals surface area contributed by atoms with Crippen LogP contribution in [-0.4, -0.2) is 35.1 Å². The lowest BCUT2D eigenvalue weighted by atomic mass is 9.95. The maximum absolute atomic E-state index is 11.7. The third kappa shape index (κ3) is 3.78. The quantitative estimate of drug-likeness (QED) is 0.754. The summed E-state index contributed by atoms with van der Waals surface area (Å²) in [7, 11) is 0.